The highest BCUT2D eigenvalue weighted by atomic mass is 32.2. The number of nitrogens with one attached hydrogen (secondary N) is 1. The number of sulfone groups is 1. The Hall–Kier alpha value is -2.34. The summed E-state index contributed by atoms with van der Waals surface area (Å²) in [5, 5.41) is 2.91. The zero-order valence-corrected chi connectivity index (χ0v) is 15.8. The summed E-state index contributed by atoms with van der Waals surface area (Å²) in [5.74, 6) is 0.859. The maximum Gasteiger partial charge on any atom is 0.220 e. The Morgan fingerprint density at radius 1 is 1.19 bits per heavy atom. The van der Waals surface area contributed by atoms with Gasteiger partial charge in [0, 0.05) is 24.7 Å². The van der Waals surface area contributed by atoms with E-state index in [-0.39, 0.29) is 12.0 Å². The topological polar surface area (TPSA) is 72.5 Å². The second kappa shape index (κ2) is 7.50. The van der Waals surface area contributed by atoms with Gasteiger partial charge in [0.2, 0.25) is 5.91 Å². The molecule has 5 nitrogen and oxygen atoms in total. The molecule has 0 aromatic heterocycles. The summed E-state index contributed by atoms with van der Waals surface area (Å²) in [6, 6.07) is 12.8. The van der Waals surface area contributed by atoms with Gasteiger partial charge < -0.3 is 10.1 Å². The van der Waals surface area contributed by atoms with E-state index in [2.05, 4.69) is 5.32 Å². The fourth-order valence-corrected chi connectivity index (χ4v) is 3.73. The van der Waals surface area contributed by atoms with Crippen LogP contribution in [0.2, 0.25) is 0 Å². The molecule has 0 bridgehead atoms. The van der Waals surface area contributed by atoms with Crippen LogP contribution in [-0.4, -0.2) is 33.2 Å². The lowest BCUT2D eigenvalue weighted by atomic mass is 10.0. The van der Waals surface area contributed by atoms with Crippen LogP contribution in [0.4, 0.5) is 0 Å². The molecule has 1 atom stereocenters. The summed E-state index contributed by atoms with van der Waals surface area (Å²) in [4.78, 5) is 12.0. The normalized spacial score (nSPS) is 16.0. The van der Waals surface area contributed by atoms with Gasteiger partial charge in [0.05, 0.1) is 11.4 Å². The summed E-state index contributed by atoms with van der Waals surface area (Å²) in [5.41, 5.74) is 2.94. The molecule has 0 unspecified atom stereocenters. The molecule has 1 aliphatic rings. The van der Waals surface area contributed by atoms with E-state index in [0.29, 0.717) is 17.9 Å². The van der Waals surface area contributed by atoms with Crippen LogP contribution < -0.4 is 10.1 Å². The third-order valence-electron chi connectivity index (χ3n) is 4.43. The van der Waals surface area contributed by atoms with Crippen molar-refractivity contribution in [3.63, 3.8) is 0 Å². The van der Waals surface area contributed by atoms with Crippen LogP contribution in [0, 0.1) is 0 Å². The van der Waals surface area contributed by atoms with Crippen LogP contribution in [0.3, 0.4) is 0 Å². The summed E-state index contributed by atoms with van der Waals surface area (Å²) >= 11 is 0. The first-order valence-corrected chi connectivity index (χ1v) is 10.6. The fraction of sp³-hybridized carbons (Fsp3) is 0.350. The molecule has 2 aromatic rings. The summed E-state index contributed by atoms with van der Waals surface area (Å²) in [6.07, 6.45) is 3.21. The maximum absolute atomic E-state index is 11.7. The Labute approximate surface area is 154 Å². The van der Waals surface area contributed by atoms with Crippen LogP contribution >= 0.6 is 0 Å². The summed E-state index contributed by atoms with van der Waals surface area (Å²) < 4.78 is 29.3. The third-order valence-corrected chi connectivity index (χ3v) is 5.55. The monoisotopic (exact) mass is 373 g/mol. The van der Waals surface area contributed by atoms with Crippen LogP contribution in [0.5, 0.6) is 5.75 Å². The zero-order valence-electron chi connectivity index (χ0n) is 15.0. The molecule has 1 heterocycles. The molecule has 3 rings (SSSR count). The van der Waals surface area contributed by atoms with Crippen molar-refractivity contribution >= 4 is 15.7 Å². The molecule has 2 aromatic carbocycles. The Morgan fingerprint density at radius 2 is 1.92 bits per heavy atom. The van der Waals surface area contributed by atoms with E-state index in [9.17, 15) is 13.2 Å². The Bertz CT molecular complexity index is 904. The lowest BCUT2D eigenvalue weighted by molar-refractivity contribution is -0.121. The fourth-order valence-electron chi connectivity index (χ4n) is 3.10. The quantitative estimate of drug-likeness (QED) is 0.845. The number of hydrogen-bond donors (Lipinski definition) is 1. The van der Waals surface area contributed by atoms with Crippen molar-refractivity contribution in [3.05, 3.63) is 48.0 Å². The molecule has 0 fully saturated rings. The van der Waals surface area contributed by atoms with Crippen molar-refractivity contribution in [2.24, 2.45) is 0 Å². The van der Waals surface area contributed by atoms with Crippen molar-refractivity contribution < 1.29 is 17.9 Å². The van der Waals surface area contributed by atoms with E-state index in [1.54, 1.807) is 24.3 Å². The number of fused-ring (bicyclic) bond motifs is 1. The first-order chi connectivity index (χ1) is 12.4. The molecule has 0 spiro atoms. The van der Waals surface area contributed by atoms with E-state index < -0.39 is 9.84 Å². The Balaban J connectivity index is 1.77. The largest absolute Gasteiger partial charge is 0.487 e. The van der Waals surface area contributed by atoms with Crippen molar-refractivity contribution in [3.8, 4) is 16.9 Å². The molecule has 26 heavy (non-hydrogen) atoms. The van der Waals surface area contributed by atoms with Crippen LogP contribution in [-0.2, 0) is 21.1 Å². The third kappa shape index (κ3) is 4.07. The molecule has 1 N–H and O–H groups in total. The highest BCUT2D eigenvalue weighted by molar-refractivity contribution is 7.90. The van der Waals surface area contributed by atoms with Gasteiger partial charge in [-0.15, -0.1) is 0 Å². The highest BCUT2D eigenvalue weighted by Gasteiger charge is 2.26. The lowest BCUT2D eigenvalue weighted by Gasteiger charge is -2.13. The number of carbonyl (C=O) groups excluding carboxylic acids is 1. The predicted molar refractivity (Wildman–Crippen MR) is 101 cm³/mol. The SMILES string of the molecule is CCCC(=O)NC[C@@H]1Cc2cccc(-c3ccc(S(C)(=O)=O)cc3)c2O1. The summed E-state index contributed by atoms with van der Waals surface area (Å²) in [7, 11) is -3.21. The Kier molecular flexibility index (Phi) is 5.32. The molecule has 1 amide bonds. The van der Waals surface area contributed by atoms with Crippen molar-refractivity contribution in [2.75, 3.05) is 12.8 Å². The van der Waals surface area contributed by atoms with E-state index in [4.69, 9.17) is 4.74 Å². The second-order valence-electron chi connectivity index (χ2n) is 6.59. The molecule has 0 radical (unpaired) electrons. The number of amides is 1. The van der Waals surface area contributed by atoms with Gasteiger partial charge in [-0.05, 0) is 29.7 Å². The van der Waals surface area contributed by atoms with Gasteiger partial charge in [0.1, 0.15) is 11.9 Å². The summed E-state index contributed by atoms with van der Waals surface area (Å²) in [6.45, 7) is 2.46. The van der Waals surface area contributed by atoms with Gasteiger partial charge in [-0.1, -0.05) is 37.3 Å². The highest BCUT2D eigenvalue weighted by Crippen LogP contribution is 2.38. The van der Waals surface area contributed by atoms with Gasteiger partial charge in [0.15, 0.2) is 9.84 Å². The number of para-hydroxylation sites is 1. The van der Waals surface area contributed by atoms with E-state index in [1.165, 1.54) is 6.26 Å². The van der Waals surface area contributed by atoms with Crippen LogP contribution in [0.1, 0.15) is 25.3 Å². The first kappa shape index (κ1) is 18.5. The minimum Gasteiger partial charge on any atom is -0.487 e. The van der Waals surface area contributed by atoms with Crippen molar-refractivity contribution in [1.82, 2.24) is 5.32 Å². The molecule has 138 valence electrons. The maximum atomic E-state index is 11.7. The zero-order chi connectivity index (χ0) is 18.7. The average Bonchev–Trinajstić information content (AvgIpc) is 3.02. The molecule has 0 aliphatic carbocycles. The van der Waals surface area contributed by atoms with Gasteiger partial charge in [0.25, 0.3) is 0 Å². The number of rotatable bonds is 6. The molecule has 6 heteroatoms. The predicted octanol–water partition coefficient (Wildman–Crippen LogP) is 2.98. The van der Waals surface area contributed by atoms with E-state index in [0.717, 1.165) is 35.3 Å². The number of hydrogen-bond acceptors (Lipinski definition) is 4. The van der Waals surface area contributed by atoms with Crippen LogP contribution in [0.15, 0.2) is 47.4 Å². The van der Waals surface area contributed by atoms with Gasteiger partial charge in [-0.2, -0.15) is 0 Å². The van der Waals surface area contributed by atoms with E-state index >= 15 is 0 Å². The lowest BCUT2D eigenvalue weighted by Crippen LogP contribution is -2.34. The number of ether oxygens (including phenoxy) is 1. The molecular formula is C20H23NO4S. The first-order valence-electron chi connectivity index (χ1n) is 8.74. The van der Waals surface area contributed by atoms with Gasteiger partial charge in [-0.3, -0.25) is 4.79 Å². The standard InChI is InChI=1S/C20H23NO4S/c1-3-5-19(22)21-13-16-12-15-6-4-7-18(20(15)25-16)14-8-10-17(11-9-14)26(2,23)24/h4,6-11,16H,3,5,12-13H2,1-2H3,(H,21,22)/t16-/m0/s1. The molecular weight excluding hydrogens is 350 g/mol. The second-order valence-corrected chi connectivity index (χ2v) is 8.60. The Morgan fingerprint density at radius 3 is 2.58 bits per heavy atom. The van der Waals surface area contributed by atoms with Crippen molar-refractivity contribution in [2.45, 2.75) is 37.2 Å². The number of benzene rings is 2. The van der Waals surface area contributed by atoms with E-state index in [1.807, 2.05) is 25.1 Å². The molecule has 0 saturated carbocycles. The number of carbonyl (C=O) groups is 1. The average molecular weight is 373 g/mol. The van der Waals surface area contributed by atoms with Crippen LogP contribution in [0.25, 0.3) is 11.1 Å². The van der Waals surface area contributed by atoms with Gasteiger partial charge >= 0.3 is 0 Å². The smallest absolute Gasteiger partial charge is 0.220 e. The van der Waals surface area contributed by atoms with Crippen molar-refractivity contribution in [1.29, 1.82) is 0 Å². The minimum atomic E-state index is -3.21. The minimum absolute atomic E-state index is 0.0450. The molecule has 0 saturated heterocycles. The van der Waals surface area contributed by atoms with Gasteiger partial charge in [-0.25, -0.2) is 8.42 Å². The molecule has 1 aliphatic heterocycles.